The van der Waals surface area contributed by atoms with Gasteiger partial charge in [-0.05, 0) is 17.9 Å². The van der Waals surface area contributed by atoms with Gasteiger partial charge < -0.3 is 5.32 Å². The lowest BCUT2D eigenvalue weighted by Gasteiger charge is -2.31. The Balaban J connectivity index is 2.78. The third kappa shape index (κ3) is 4.25. The zero-order chi connectivity index (χ0) is 13.8. The molecule has 0 spiro atoms. The van der Waals surface area contributed by atoms with Gasteiger partial charge in [-0.2, -0.15) is 5.10 Å². The Morgan fingerprint density at radius 1 is 1.50 bits per heavy atom. The van der Waals surface area contributed by atoms with E-state index in [1.165, 1.54) is 12.1 Å². The first-order valence-corrected chi connectivity index (χ1v) is 6.89. The Hall–Kier alpha value is -1.17. The van der Waals surface area contributed by atoms with Crippen LogP contribution >= 0.6 is 15.9 Å². The van der Waals surface area contributed by atoms with E-state index >= 15 is 0 Å². The minimum Gasteiger partial charge on any atom is -0.347 e. The quantitative estimate of drug-likeness (QED) is 0.830. The van der Waals surface area contributed by atoms with Crippen LogP contribution in [0, 0.1) is 5.41 Å². The summed E-state index contributed by atoms with van der Waals surface area (Å²) in [5, 5.41) is 9.72. The van der Waals surface area contributed by atoms with Crippen molar-refractivity contribution in [3.05, 3.63) is 28.2 Å². The van der Waals surface area contributed by atoms with E-state index in [0.29, 0.717) is 0 Å². The number of carbonyl (C=O) groups excluding carboxylic acids is 1. The van der Waals surface area contributed by atoms with Gasteiger partial charge >= 0.3 is 0 Å². The maximum absolute atomic E-state index is 12.0. The first kappa shape index (κ1) is 14.9. The van der Waals surface area contributed by atoms with Crippen LogP contribution in [0.1, 0.15) is 37.7 Å². The average molecular weight is 316 g/mol. The summed E-state index contributed by atoms with van der Waals surface area (Å²) in [6, 6.07) is 2.75. The molecule has 0 aromatic carbocycles. The summed E-state index contributed by atoms with van der Waals surface area (Å²) in [5.74, 6) is -0.271. The van der Waals surface area contributed by atoms with Gasteiger partial charge in [0.2, 0.25) is 0 Å². The normalized spacial score (nSPS) is 13.1. The molecule has 1 atom stereocenters. The van der Waals surface area contributed by atoms with E-state index in [0.717, 1.165) is 11.8 Å². The van der Waals surface area contributed by atoms with E-state index in [1.807, 2.05) is 0 Å². The summed E-state index contributed by atoms with van der Waals surface area (Å²) in [6.45, 7) is 6.21. The van der Waals surface area contributed by atoms with Crippen LogP contribution in [0.5, 0.6) is 0 Å². The number of amides is 1. The summed E-state index contributed by atoms with van der Waals surface area (Å²) in [7, 11) is 0. The number of H-pyrrole nitrogens is 1. The first-order valence-electron chi connectivity index (χ1n) is 5.77. The summed E-state index contributed by atoms with van der Waals surface area (Å²) in [6.07, 6.45) is 0.832. The number of hydrogen-bond acceptors (Lipinski definition) is 3. The number of hydrogen-bond donors (Lipinski definition) is 2. The summed E-state index contributed by atoms with van der Waals surface area (Å²) >= 11 is 3.38. The Morgan fingerprint density at radius 2 is 2.17 bits per heavy atom. The number of alkyl halides is 1. The number of rotatable bonds is 4. The highest BCUT2D eigenvalue weighted by Gasteiger charge is 2.26. The molecule has 0 saturated carbocycles. The number of carbonyl (C=O) groups is 1. The van der Waals surface area contributed by atoms with E-state index in [9.17, 15) is 9.59 Å². The minimum atomic E-state index is -0.320. The van der Waals surface area contributed by atoms with Gasteiger partial charge in [-0.1, -0.05) is 36.7 Å². The maximum atomic E-state index is 12.0. The van der Waals surface area contributed by atoms with Crippen molar-refractivity contribution in [1.82, 2.24) is 15.5 Å². The third-order valence-electron chi connectivity index (χ3n) is 2.66. The number of aromatic amines is 1. The van der Waals surface area contributed by atoms with Crippen LogP contribution in [0.15, 0.2) is 16.9 Å². The highest BCUT2D eigenvalue weighted by molar-refractivity contribution is 9.09. The topological polar surface area (TPSA) is 74.8 Å². The monoisotopic (exact) mass is 315 g/mol. The molecule has 6 heteroatoms. The van der Waals surface area contributed by atoms with E-state index < -0.39 is 0 Å². The zero-order valence-corrected chi connectivity index (χ0v) is 12.4. The fraction of sp³-hybridized carbons (Fsp3) is 0.583. The molecule has 0 fully saturated rings. The fourth-order valence-corrected chi connectivity index (χ4v) is 1.99. The minimum absolute atomic E-state index is 0.0361. The Bertz CT molecular complexity index is 445. The highest BCUT2D eigenvalue weighted by Crippen LogP contribution is 2.22. The van der Waals surface area contributed by atoms with Crippen LogP contribution in [0.25, 0.3) is 0 Å². The maximum Gasteiger partial charge on any atom is 0.271 e. The van der Waals surface area contributed by atoms with E-state index in [-0.39, 0.29) is 28.6 Å². The molecule has 2 N–H and O–H groups in total. The van der Waals surface area contributed by atoms with Gasteiger partial charge in [0.05, 0.1) is 0 Å². The molecule has 1 aromatic rings. The van der Waals surface area contributed by atoms with Crippen molar-refractivity contribution < 1.29 is 4.79 Å². The first-order chi connectivity index (χ1) is 8.34. The lowest BCUT2D eigenvalue weighted by atomic mass is 9.85. The molecule has 18 heavy (non-hydrogen) atoms. The second-order valence-electron chi connectivity index (χ2n) is 5.18. The number of nitrogens with zero attached hydrogens (tertiary/aromatic N) is 1. The van der Waals surface area contributed by atoms with Gasteiger partial charge in [0.15, 0.2) is 0 Å². The van der Waals surface area contributed by atoms with Crippen LogP contribution in [0.4, 0.5) is 0 Å². The Morgan fingerprint density at radius 3 is 2.61 bits per heavy atom. The molecule has 0 aliphatic rings. The van der Waals surface area contributed by atoms with Gasteiger partial charge in [0.1, 0.15) is 5.69 Å². The lowest BCUT2D eigenvalue weighted by molar-refractivity contribution is 0.0894. The molecule has 1 amide bonds. The zero-order valence-electron chi connectivity index (χ0n) is 10.8. The molecule has 5 nitrogen and oxygen atoms in total. The second kappa shape index (κ2) is 6.13. The van der Waals surface area contributed by atoms with Crippen LogP contribution in [0.2, 0.25) is 0 Å². The van der Waals surface area contributed by atoms with E-state index in [4.69, 9.17) is 0 Å². The van der Waals surface area contributed by atoms with Crippen LogP contribution in [-0.4, -0.2) is 27.5 Å². The van der Waals surface area contributed by atoms with Crippen molar-refractivity contribution in [2.45, 2.75) is 33.2 Å². The molecular formula is C12H18BrN3O2. The molecule has 0 aliphatic heterocycles. The van der Waals surface area contributed by atoms with Crippen molar-refractivity contribution >= 4 is 21.8 Å². The summed E-state index contributed by atoms with van der Waals surface area (Å²) in [5.41, 5.74) is -0.135. The molecule has 1 aromatic heterocycles. The molecule has 100 valence electrons. The standard InChI is InChI=1S/C12H18BrN3O2/c1-12(2,3)9(6-7-13)14-11(18)8-4-5-10(17)16-15-8/h4-5,9H,6-7H2,1-3H3,(H,14,18)(H,16,17). The predicted octanol–water partition coefficient (Wildman–Crippen LogP) is 1.70. The van der Waals surface area contributed by atoms with Crippen LogP contribution in [0.3, 0.4) is 0 Å². The largest absolute Gasteiger partial charge is 0.347 e. The van der Waals surface area contributed by atoms with Crippen molar-refractivity contribution in [2.75, 3.05) is 5.33 Å². The van der Waals surface area contributed by atoms with Crippen molar-refractivity contribution in [1.29, 1.82) is 0 Å². The Kier molecular flexibility index (Phi) is 5.07. The summed E-state index contributed by atoms with van der Waals surface area (Å²) in [4.78, 5) is 22.8. The van der Waals surface area contributed by atoms with Gasteiger partial charge in [0, 0.05) is 17.4 Å². The van der Waals surface area contributed by atoms with Crippen molar-refractivity contribution in [3.8, 4) is 0 Å². The molecule has 1 rings (SSSR count). The Labute approximate surface area is 114 Å². The van der Waals surface area contributed by atoms with E-state index in [2.05, 4.69) is 52.2 Å². The smallest absolute Gasteiger partial charge is 0.271 e. The SMILES string of the molecule is CC(C)(C)C(CCBr)NC(=O)c1ccc(=O)[nH]n1. The van der Waals surface area contributed by atoms with Crippen molar-refractivity contribution in [2.24, 2.45) is 5.41 Å². The summed E-state index contributed by atoms with van der Waals surface area (Å²) < 4.78 is 0. The van der Waals surface area contributed by atoms with Gasteiger partial charge in [-0.15, -0.1) is 0 Å². The van der Waals surface area contributed by atoms with Gasteiger partial charge in [0.25, 0.3) is 11.5 Å². The van der Waals surface area contributed by atoms with Crippen LogP contribution < -0.4 is 10.9 Å². The highest BCUT2D eigenvalue weighted by atomic mass is 79.9. The number of aromatic nitrogens is 2. The molecular weight excluding hydrogens is 298 g/mol. The number of nitrogens with one attached hydrogen (secondary N) is 2. The molecule has 1 heterocycles. The second-order valence-corrected chi connectivity index (χ2v) is 5.97. The molecule has 0 radical (unpaired) electrons. The van der Waals surface area contributed by atoms with E-state index in [1.54, 1.807) is 0 Å². The lowest BCUT2D eigenvalue weighted by Crippen LogP contribution is -2.44. The van der Waals surface area contributed by atoms with Crippen LogP contribution in [-0.2, 0) is 0 Å². The van der Waals surface area contributed by atoms with Crippen molar-refractivity contribution in [3.63, 3.8) is 0 Å². The predicted molar refractivity (Wildman–Crippen MR) is 74.0 cm³/mol. The van der Waals surface area contributed by atoms with Gasteiger partial charge in [-0.3, -0.25) is 9.59 Å². The fourth-order valence-electron chi connectivity index (χ4n) is 1.53. The molecule has 0 bridgehead atoms. The molecule has 0 aliphatic carbocycles. The third-order valence-corrected chi connectivity index (χ3v) is 3.12. The molecule has 0 saturated heterocycles. The number of halogens is 1. The van der Waals surface area contributed by atoms with Gasteiger partial charge in [-0.25, -0.2) is 5.10 Å². The molecule has 1 unspecified atom stereocenters. The average Bonchev–Trinajstić information content (AvgIpc) is 2.28.